The van der Waals surface area contributed by atoms with Gasteiger partial charge in [0.25, 0.3) is 5.91 Å². The number of aromatic nitrogens is 2. The first-order valence-electron chi connectivity index (χ1n) is 6.84. The number of aryl methyl sites for hydroxylation is 1. The molecule has 0 saturated heterocycles. The zero-order valence-corrected chi connectivity index (χ0v) is 12.9. The molecule has 1 saturated carbocycles. The number of benzene rings is 1. The highest BCUT2D eigenvalue weighted by Crippen LogP contribution is 2.42. The van der Waals surface area contributed by atoms with Gasteiger partial charge in [-0.15, -0.1) is 10.2 Å². The lowest BCUT2D eigenvalue weighted by atomic mass is 10.1. The Kier molecular flexibility index (Phi) is 3.95. The van der Waals surface area contributed by atoms with E-state index in [0.717, 1.165) is 5.01 Å². The lowest BCUT2D eigenvalue weighted by Gasteiger charge is -2.06. The molecular formula is C14H13FN4O3S. The summed E-state index contributed by atoms with van der Waals surface area (Å²) in [4.78, 5) is 22.8. The molecule has 0 unspecified atom stereocenters. The molecule has 3 N–H and O–H groups in total. The summed E-state index contributed by atoms with van der Waals surface area (Å²) in [6.07, 6.45) is -0.623. The first-order valence-corrected chi connectivity index (χ1v) is 7.66. The standard InChI is InChI=1S/C14H13FN4O3S/c1-6-18-19-13(23-6)17-12(20)7-2-3-10(15)8(4-7)9-5-11(9)16-14(21)22/h2-4,9,11,16H,5H2,1H3,(H,21,22)(H,17,19,20)/t9-,11+/m0/s1. The van der Waals surface area contributed by atoms with E-state index in [1.807, 2.05) is 0 Å². The summed E-state index contributed by atoms with van der Waals surface area (Å²) in [5, 5.41) is 22.3. The van der Waals surface area contributed by atoms with E-state index in [9.17, 15) is 14.0 Å². The fourth-order valence-corrected chi connectivity index (χ4v) is 2.93. The molecule has 1 heterocycles. The molecule has 1 aromatic carbocycles. The Morgan fingerprint density at radius 1 is 1.39 bits per heavy atom. The van der Waals surface area contributed by atoms with Crippen molar-refractivity contribution in [1.82, 2.24) is 15.5 Å². The monoisotopic (exact) mass is 336 g/mol. The minimum atomic E-state index is -1.14. The highest BCUT2D eigenvalue weighted by Gasteiger charge is 2.41. The molecule has 2 amide bonds. The molecule has 3 rings (SSSR count). The molecule has 0 radical (unpaired) electrons. The van der Waals surface area contributed by atoms with Crippen LogP contribution in [0.15, 0.2) is 18.2 Å². The van der Waals surface area contributed by atoms with Crippen LogP contribution in [0.25, 0.3) is 0 Å². The van der Waals surface area contributed by atoms with E-state index in [1.54, 1.807) is 6.92 Å². The molecule has 9 heteroatoms. The largest absolute Gasteiger partial charge is 0.465 e. The predicted molar refractivity (Wildman–Crippen MR) is 81.3 cm³/mol. The van der Waals surface area contributed by atoms with E-state index in [1.165, 1.54) is 29.5 Å². The maximum absolute atomic E-state index is 13.9. The number of hydrogen-bond acceptors (Lipinski definition) is 5. The second kappa shape index (κ2) is 5.92. The molecule has 2 aromatic rings. The second-order valence-corrected chi connectivity index (χ2v) is 6.40. The van der Waals surface area contributed by atoms with Gasteiger partial charge in [-0.2, -0.15) is 0 Å². The minimum Gasteiger partial charge on any atom is -0.465 e. The molecule has 23 heavy (non-hydrogen) atoms. The summed E-state index contributed by atoms with van der Waals surface area (Å²) in [5.41, 5.74) is 0.625. The molecular weight excluding hydrogens is 323 g/mol. The van der Waals surface area contributed by atoms with Gasteiger partial charge < -0.3 is 10.4 Å². The van der Waals surface area contributed by atoms with Gasteiger partial charge in [0.15, 0.2) is 0 Å². The van der Waals surface area contributed by atoms with Crippen LogP contribution in [0.1, 0.15) is 33.3 Å². The van der Waals surface area contributed by atoms with E-state index >= 15 is 0 Å². The lowest BCUT2D eigenvalue weighted by Crippen LogP contribution is -2.24. The third-order valence-electron chi connectivity index (χ3n) is 3.50. The number of carboxylic acid groups (broad SMARTS) is 1. The zero-order chi connectivity index (χ0) is 16.6. The molecule has 2 atom stereocenters. The summed E-state index contributed by atoms with van der Waals surface area (Å²) in [5.74, 6) is -1.11. The highest BCUT2D eigenvalue weighted by molar-refractivity contribution is 7.15. The molecule has 120 valence electrons. The van der Waals surface area contributed by atoms with Gasteiger partial charge in [0.2, 0.25) is 5.13 Å². The molecule has 1 aliphatic rings. The van der Waals surface area contributed by atoms with Crippen LogP contribution in [-0.4, -0.2) is 33.3 Å². The fourth-order valence-electron chi connectivity index (χ4n) is 2.34. The Morgan fingerprint density at radius 2 is 2.17 bits per heavy atom. The van der Waals surface area contributed by atoms with Crippen LogP contribution in [0.2, 0.25) is 0 Å². The first kappa shape index (κ1) is 15.3. The van der Waals surface area contributed by atoms with Crippen molar-refractivity contribution in [3.63, 3.8) is 0 Å². The summed E-state index contributed by atoms with van der Waals surface area (Å²) in [6, 6.07) is 3.73. The maximum atomic E-state index is 13.9. The van der Waals surface area contributed by atoms with Crippen LogP contribution in [0.3, 0.4) is 0 Å². The quantitative estimate of drug-likeness (QED) is 0.795. The highest BCUT2D eigenvalue weighted by atomic mass is 32.1. The van der Waals surface area contributed by atoms with Crippen molar-refractivity contribution < 1.29 is 19.1 Å². The first-order chi connectivity index (χ1) is 10.9. The topological polar surface area (TPSA) is 104 Å². The summed E-state index contributed by atoms with van der Waals surface area (Å²) in [6.45, 7) is 1.77. The van der Waals surface area contributed by atoms with Crippen LogP contribution < -0.4 is 10.6 Å². The van der Waals surface area contributed by atoms with Gasteiger partial charge in [-0.25, -0.2) is 9.18 Å². The van der Waals surface area contributed by atoms with Gasteiger partial charge in [-0.05, 0) is 37.1 Å². The normalized spacial score (nSPS) is 19.2. The van der Waals surface area contributed by atoms with Crippen molar-refractivity contribution in [2.75, 3.05) is 5.32 Å². The van der Waals surface area contributed by atoms with Crippen molar-refractivity contribution in [3.8, 4) is 0 Å². The molecule has 0 spiro atoms. The number of rotatable bonds is 4. The number of carbonyl (C=O) groups excluding carboxylic acids is 1. The van der Waals surface area contributed by atoms with Gasteiger partial charge in [0.1, 0.15) is 10.8 Å². The number of amides is 2. The number of anilines is 1. The Balaban J connectivity index is 1.75. The zero-order valence-electron chi connectivity index (χ0n) is 12.0. The lowest BCUT2D eigenvalue weighted by molar-refractivity contribution is 0.102. The smallest absolute Gasteiger partial charge is 0.404 e. The third kappa shape index (κ3) is 3.45. The van der Waals surface area contributed by atoms with E-state index in [-0.39, 0.29) is 17.5 Å². The summed E-state index contributed by atoms with van der Waals surface area (Å²) < 4.78 is 13.9. The summed E-state index contributed by atoms with van der Waals surface area (Å²) in [7, 11) is 0. The van der Waals surface area contributed by atoms with Crippen LogP contribution in [0.5, 0.6) is 0 Å². The maximum Gasteiger partial charge on any atom is 0.404 e. The predicted octanol–water partition coefficient (Wildman–Crippen LogP) is 2.36. The van der Waals surface area contributed by atoms with Gasteiger partial charge in [0, 0.05) is 17.5 Å². The molecule has 1 aromatic heterocycles. The van der Waals surface area contributed by atoms with Crippen molar-refractivity contribution in [1.29, 1.82) is 0 Å². The molecule has 1 fully saturated rings. The Bertz CT molecular complexity index is 779. The summed E-state index contributed by atoms with van der Waals surface area (Å²) >= 11 is 1.24. The van der Waals surface area contributed by atoms with E-state index in [4.69, 9.17) is 5.11 Å². The van der Waals surface area contributed by atoms with Crippen LogP contribution in [-0.2, 0) is 0 Å². The average Bonchev–Trinajstić information content (AvgIpc) is 3.10. The number of hydrogen-bond donors (Lipinski definition) is 3. The SMILES string of the molecule is Cc1nnc(NC(=O)c2ccc(F)c([C@@H]3C[C@H]3NC(=O)O)c2)s1. The van der Waals surface area contributed by atoms with Crippen molar-refractivity contribution in [3.05, 3.63) is 40.2 Å². The molecule has 0 bridgehead atoms. The Morgan fingerprint density at radius 3 is 2.83 bits per heavy atom. The molecule has 7 nitrogen and oxygen atoms in total. The molecule has 1 aliphatic carbocycles. The Labute approximate surface area is 134 Å². The second-order valence-electron chi connectivity index (χ2n) is 5.21. The van der Waals surface area contributed by atoms with Crippen LogP contribution in [0, 0.1) is 12.7 Å². The van der Waals surface area contributed by atoms with Crippen molar-refractivity contribution in [2.45, 2.75) is 25.3 Å². The van der Waals surface area contributed by atoms with Gasteiger partial charge in [0.05, 0.1) is 0 Å². The van der Waals surface area contributed by atoms with Crippen molar-refractivity contribution in [2.24, 2.45) is 0 Å². The van der Waals surface area contributed by atoms with Gasteiger partial charge in [-0.1, -0.05) is 11.3 Å². The Hall–Kier alpha value is -2.55. The molecule has 0 aliphatic heterocycles. The number of nitrogens with zero attached hydrogens (tertiary/aromatic N) is 2. The average molecular weight is 336 g/mol. The van der Waals surface area contributed by atoms with Crippen LogP contribution >= 0.6 is 11.3 Å². The number of halogens is 1. The van der Waals surface area contributed by atoms with E-state index < -0.39 is 17.8 Å². The van der Waals surface area contributed by atoms with E-state index in [0.29, 0.717) is 17.1 Å². The van der Waals surface area contributed by atoms with E-state index in [2.05, 4.69) is 20.8 Å². The third-order valence-corrected chi connectivity index (χ3v) is 4.26. The number of nitrogens with one attached hydrogen (secondary N) is 2. The van der Waals surface area contributed by atoms with Crippen molar-refractivity contribution >= 4 is 28.5 Å². The fraction of sp³-hybridized carbons (Fsp3) is 0.286. The van der Waals surface area contributed by atoms with Crippen LogP contribution in [0.4, 0.5) is 14.3 Å². The van der Waals surface area contributed by atoms with Gasteiger partial charge in [-0.3, -0.25) is 10.1 Å². The number of carbonyl (C=O) groups is 2. The minimum absolute atomic E-state index is 0.248. The van der Waals surface area contributed by atoms with Gasteiger partial charge >= 0.3 is 6.09 Å².